The van der Waals surface area contributed by atoms with Crippen molar-refractivity contribution < 1.29 is 34.4 Å². The number of hydrogen-bond donors (Lipinski definition) is 3. The molecule has 3 atom stereocenters. The van der Waals surface area contributed by atoms with Gasteiger partial charge in [0.15, 0.2) is 6.10 Å². The molecule has 0 fully saturated rings. The van der Waals surface area contributed by atoms with E-state index in [0.717, 1.165) is 51.4 Å². The second-order valence-corrected chi connectivity index (χ2v) is 10.9. The number of allylic oxidation sites excluding steroid dienone is 6. The Balaban J connectivity index is 3.91. The van der Waals surface area contributed by atoms with Gasteiger partial charge in [0.2, 0.25) is 0 Å². The van der Waals surface area contributed by atoms with Crippen molar-refractivity contribution in [1.82, 2.24) is 0 Å². The predicted molar refractivity (Wildman–Crippen MR) is 171 cm³/mol. The molecule has 0 saturated carbocycles. The Bertz CT molecular complexity index is 756. The maximum atomic E-state index is 12.0. The van der Waals surface area contributed by atoms with Crippen molar-refractivity contribution in [3.63, 3.8) is 0 Å². The standard InChI is InChI=1S/C35H60O7/c1-3-5-7-8-9-10-14-17-21-27-35(40)42-33(29-36)30-41-34(39)28-22-26-32(38)25-20-16-13-11-12-15-19-24-31(37)23-18-6-4-2/h12-13,15-16,19-20,24-25,31-33,36-38H,3-11,14,17-18,21-23,26-30H2,1-2H3/b15-12-,16-13-,24-19+,25-20+/t31-,32-,33-/m0/s1. The summed E-state index contributed by atoms with van der Waals surface area (Å²) in [5.41, 5.74) is 0. The van der Waals surface area contributed by atoms with E-state index in [0.29, 0.717) is 19.3 Å². The first kappa shape index (κ1) is 39.8. The van der Waals surface area contributed by atoms with E-state index in [2.05, 4.69) is 13.8 Å². The minimum absolute atomic E-state index is 0.136. The normalized spacial score (nSPS) is 14.3. The fourth-order valence-electron chi connectivity index (χ4n) is 4.24. The van der Waals surface area contributed by atoms with Crippen LogP contribution in [0.1, 0.15) is 129 Å². The Morgan fingerprint density at radius 1 is 0.643 bits per heavy atom. The Labute approximate surface area is 255 Å². The first-order valence-corrected chi connectivity index (χ1v) is 16.4. The van der Waals surface area contributed by atoms with Crippen molar-refractivity contribution in [3.05, 3.63) is 48.6 Å². The summed E-state index contributed by atoms with van der Waals surface area (Å²) >= 11 is 0. The van der Waals surface area contributed by atoms with Crippen molar-refractivity contribution in [2.24, 2.45) is 0 Å². The molecule has 0 unspecified atom stereocenters. The predicted octanol–water partition coefficient (Wildman–Crippen LogP) is 7.44. The van der Waals surface area contributed by atoms with Crippen LogP contribution >= 0.6 is 0 Å². The van der Waals surface area contributed by atoms with Gasteiger partial charge in [-0.25, -0.2) is 0 Å². The van der Waals surface area contributed by atoms with Crippen molar-refractivity contribution in [3.8, 4) is 0 Å². The average Bonchev–Trinajstić information content (AvgIpc) is 2.97. The summed E-state index contributed by atoms with van der Waals surface area (Å²) in [5.74, 6) is -0.827. The number of unbranched alkanes of at least 4 members (excludes halogenated alkanes) is 10. The largest absolute Gasteiger partial charge is 0.462 e. The van der Waals surface area contributed by atoms with Gasteiger partial charge in [-0.3, -0.25) is 9.59 Å². The average molecular weight is 593 g/mol. The van der Waals surface area contributed by atoms with Crippen LogP contribution in [0, 0.1) is 0 Å². The van der Waals surface area contributed by atoms with Crippen LogP contribution in [0.3, 0.4) is 0 Å². The lowest BCUT2D eigenvalue weighted by Crippen LogP contribution is -2.28. The van der Waals surface area contributed by atoms with E-state index in [9.17, 15) is 24.9 Å². The lowest BCUT2D eigenvalue weighted by molar-refractivity contribution is -0.161. The topological polar surface area (TPSA) is 113 Å². The van der Waals surface area contributed by atoms with Crippen molar-refractivity contribution >= 4 is 11.9 Å². The summed E-state index contributed by atoms with van der Waals surface area (Å²) in [4.78, 5) is 24.0. The number of carbonyl (C=O) groups excluding carboxylic acids is 2. The van der Waals surface area contributed by atoms with Gasteiger partial charge in [-0.15, -0.1) is 0 Å². The lowest BCUT2D eigenvalue weighted by atomic mass is 10.1. The molecule has 7 nitrogen and oxygen atoms in total. The highest BCUT2D eigenvalue weighted by atomic mass is 16.6. The van der Waals surface area contributed by atoms with Crippen LogP contribution in [-0.2, 0) is 19.1 Å². The zero-order chi connectivity index (χ0) is 31.1. The molecule has 0 aromatic carbocycles. The van der Waals surface area contributed by atoms with Gasteiger partial charge in [0, 0.05) is 12.8 Å². The molecule has 0 aromatic heterocycles. The summed E-state index contributed by atoms with van der Waals surface area (Å²) in [6.07, 6.45) is 29.6. The molecule has 0 aliphatic rings. The van der Waals surface area contributed by atoms with E-state index in [1.54, 1.807) is 12.2 Å². The van der Waals surface area contributed by atoms with Gasteiger partial charge in [-0.1, -0.05) is 133 Å². The number of rotatable bonds is 28. The van der Waals surface area contributed by atoms with E-state index < -0.39 is 24.8 Å². The molecule has 0 aliphatic heterocycles. The molecule has 242 valence electrons. The van der Waals surface area contributed by atoms with Crippen LogP contribution in [0.25, 0.3) is 0 Å². The molecule has 7 heteroatoms. The van der Waals surface area contributed by atoms with Crippen LogP contribution in [0.4, 0.5) is 0 Å². The van der Waals surface area contributed by atoms with Crippen LogP contribution < -0.4 is 0 Å². The maximum absolute atomic E-state index is 12.0. The molecule has 0 aromatic rings. The smallest absolute Gasteiger partial charge is 0.306 e. The van der Waals surface area contributed by atoms with E-state index >= 15 is 0 Å². The van der Waals surface area contributed by atoms with Crippen LogP contribution in [-0.4, -0.2) is 58.8 Å². The molecule has 3 N–H and O–H groups in total. The van der Waals surface area contributed by atoms with Gasteiger partial charge < -0.3 is 24.8 Å². The summed E-state index contributed by atoms with van der Waals surface area (Å²) in [5, 5.41) is 29.4. The van der Waals surface area contributed by atoms with Crippen molar-refractivity contribution in [1.29, 1.82) is 0 Å². The van der Waals surface area contributed by atoms with E-state index in [-0.39, 0.29) is 25.1 Å². The fourth-order valence-corrected chi connectivity index (χ4v) is 4.24. The lowest BCUT2D eigenvalue weighted by Gasteiger charge is -2.16. The van der Waals surface area contributed by atoms with Crippen molar-refractivity contribution in [2.45, 2.75) is 148 Å². The molecule has 0 spiro atoms. The number of esters is 2. The molecular weight excluding hydrogens is 532 g/mol. The number of aliphatic hydroxyl groups excluding tert-OH is 3. The summed E-state index contributed by atoms with van der Waals surface area (Å²) < 4.78 is 10.4. The molecule has 0 amide bonds. The molecule has 0 saturated heterocycles. The van der Waals surface area contributed by atoms with Crippen LogP contribution in [0.5, 0.6) is 0 Å². The third kappa shape index (κ3) is 27.9. The van der Waals surface area contributed by atoms with E-state index in [4.69, 9.17) is 9.47 Å². The number of carbonyl (C=O) groups is 2. The molecule has 0 rings (SSSR count). The first-order valence-electron chi connectivity index (χ1n) is 16.4. The zero-order valence-corrected chi connectivity index (χ0v) is 26.5. The molecule has 0 bridgehead atoms. The third-order valence-corrected chi connectivity index (χ3v) is 6.83. The van der Waals surface area contributed by atoms with Crippen molar-refractivity contribution in [2.75, 3.05) is 13.2 Å². The third-order valence-electron chi connectivity index (χ3n) is 6.83. The van der Waals surface area contributed by atoms with E-state index in [1.165, 1.54) is 38.5 Å². The van der Waals surface area contributed by atoms with Gasteiger partial charge in [-0.2, -0.15) is 0 Å². The highest BCUT2D eigenvalue weighted by Gasteiger charge is 2.16. The SMILES string of the molecule is CCCCCCCCCCCC(=O)O[C@@H](CO)COC(=O)CCC[C@@H](O)/C=C/C=C\C/C=C\C=C\[C@@H](O)CCCCC. The summed E-state index contributed by atoms with van der Waals surface area (Å²) in [6.45, 7) is 3.79. The summed E-state index contributed by atoms with van der Waals surface area (Å²) in [7, 11) is 0. The Morgan fingerprint density at radius 3 is 1.71 bits per heavy atom. The number of ether oxygens (including phenoxy) is 2. The van der Waals surface area contributed by atoms with Gasteiger partial charge in [-0.05, 0) is 32.1 Å². The second kappa shape index (κ2) is 30.2. The Kier molecular flexibility index (Phi) is 28.6. The van der Waals surface area contributed by atoms with Crippen LogP contribution in [0.15, 0.2) is 48.6 Å². The molecule has 0 heterocycles. The quantitative estimate of drug-likeness (QED) is 0.0491. The first-order chi connectivity index (χ1) is 20.4. The Hall–Kier alpha value is -2.22. The second-order valence-electron chi connectivity index (χ2n) is 10.9. The zero-order valence-electron chi connectivity index (χ0n) is 26.5. The Morgan fingerprint density at radius 2 is 1.14 bits per heavy atom. The fraction of sp³-hybridized carbons (Fsp3) is 0.714. The highest BCUT2D eigenvalue weighted by molar-refractivity contribution is 5.70. The highest BCUT2D eigenvalue weighted by Crippen LogP contribution is 2.11. The number of hydrogen-bond acceptors (Lipinski definition) is 7. The summed E-state index contributed by atoms with van der Waals surface area (Å²) in [6, 6.07) is 0. The molecular formula is C35H60O7. The van der Waals surface area contributed by atoms with Gasteiger partial charge in [0.25, 0.3) is 0 Å². The molecule has 42 heavy (non-hydrogen) atoms. The van der Waals surface area contributed by atoms with Gasteiger partial charge in [0.1, 0.15) is 6.61 Å². The molecule has 0 radical (unpaired) electrons. The van der Waals surface area contributed by atoms with Gasteiger partial charge in [0.05, 0.1) is 18.8 Å². The molecule has 0 aliphatic carbocycles. The minimum atomic E-state index is -0.853. The minimum Gasteiger partial charge on any atom is -0.462 e. The van der Waals surface area contributed by atoms with Gasteiger partial charge >= 0.3 is 11.9 Å². The number of aliphatic hydroxyl groups is 3. The van der Waals surface area contributed by atoms with Crippen LogP contribution in [0.2, 0.25) is 0 Å². The maximum Gasteiger partial charge on any atom is 0.306 e. The van der Waals surface area contributed by atoms with E-state index in [1.807, 2.05) is 36.5 Å². The monoisotopic (exact) mass is 592 g/mol.